The summed E-state index contributed by atoms with van der Waals surface area (Å²) in [4.78, 5) is 19.8. The summed E-state index contributed by atoms with van der Waals surface area (Å²) in [5.74, 6) is -0.166. The van der Waals surface area contributed by atoms with Crippen molar-refractivity contribution in [2.24, 2.45) is 0 Å². The number of hydrogen-bond donors (Lipinski definition) is 2. The maximum absolute atomic E-state index is 12.0. The molecule has 2 aromatic rings. The molecular weight excluding hydrogens is 232 g/mol. The highest BCUT2D eigenvalue weighted by atomic mass is 16.1. The molecule has 0 unspecified atom stereocenters. The molecule has 2 heterocycles. The molecule has 0 aliphatic carbocycles. The van der Waals surface area contributed by atoms with Crippen LogP contribution in [0.3, 0.4) is 0 Å². The van der Waals surface area contributed by atoms with E-state index < -0.39 is 0 Å². The lowest BCUT2D eigenvalue weighted by molar-refractivity contribution is 0.102. The van der Waals surface area contributed by atoms with Gasteiger partial charge in [0.1, 0.15) is 0 Å². The average Bonchev–Trinajstić information content (AvgIpc) is 2.41. The molecule has 2 rings (SSSR count). The number of pyridine rings is 1. The molecule has 2 N–H and O–H groups in total. The molecule has 0 bridgehead atoms. The van der Waals surface area contributed by atoms with Gasteiger partial charge < -0.3 is 5.32 Å². The molecule has 1 amide bonds. The van der Waals surface area contributed by atoms with Crippen LogP contribution in [0.4, 0.5) is 11.6 Å². The normalized spacial score (nSPS) is 9.83. The van der Waals surface area contributed by atoms with Gasteiger partial charge in [-0.15, -0.1) is 5.10 Å². The summed E-state index contributed by atoms with van der Waals surface area (Å²) in [6.45, 7) is 2.67. The third-order valence-corrected chi connectivity index (χ3v) is 2.14. The van der Waals surface area contributed by atoms with Crippen LogP contribution in [0.1, 0.15) is 17.3 Å². The first-order chi connectivity index (χ1) is 8.81. The fraction of sp³-hybridized carbons (Fsp3) is 0.182. The van der Waals surface area contributed by atoms with Gasteiger partial charge in [0.2, 0.25) is 5.95 Å². The Bertz CT molecular complexity index is 530. The zero-order valence-electron chi connectivity index (χ0n) is 9.79. The molecule has 18 heavy (non-hydrogen) atoms. The maximum atomic E-state index is 12.0. The first kappa shape index (κ1) is 11.9. The number of nitrogens with zero attached hydrogens (tertiary/aromatic N) is 4. The van der Waals surface area contributed by atoms with Crippen LogP contribution >= 0.6 is 0 Å². The van der Waals surface area contributed by atoms with Crippen LogP contribution in [0.2, 0.25) is 0 Å². The van der Waals surface area contributed by atoms with Crippen molar-refractivity contribution < 1.29 is 4.79 Å². The van der Waals surface area contributed by atoms with Crippen LogP contribution in [0.25, 0.3) is 0 Å². The monoisotopic (exact) mass is 244 g/mol. The summed E-state index contributed by atoms with van der Waals surface area (Å²) in [6, 6.07) is 1.74. The van der Waals surface area contributed by atoms with E-state index in [-0.39, 0.29) is 11.9 Å². The minimum Gasteiger partial charge on any atom is -0.385 e. The maximum Gasteiger partial charge on any atom is 0.261 e. The predicted octanol–water partition coefficient (Wildman–Crippen LogP) is 0.951. The number of carbonyl (C=O) groups is 1. The zero-order valence-corrected chi connectivity index (χ0v) is 9.79. The second-order valence-corrected chi connectivity index (χ2v) is 3.37. The number of carbonyl (C=O) groups excluding carboxylic acids is 1. The number of rotatable bonds is 4. The number of aromatic nitrogens is 4. The third kappa shape index (κ3) is 2.76. The molecule has 0 radical (unpaired) electrons. The summed E-state index contributed by atoms with van der Waals surface area (Å²) in [6.07, 6.45) is 6.00. The molecule has 92 valence electrons. The Balaban J connectivity index is 2.19. The van der Waals surface area contributed by atoms with Crippen molar-refractivity contribution in [2.45, 2.75) is 6.92 Å². The van der Waals surface area contributed by atoms with E-state index >= 15 is 0 Å². The SMILES string of the molecule is CCNc1ccncc1C(=O)Nc1nccnn1. The lowest BCUT2D eigenvalue weighted by atomic mass is 10.2. The number of anilines is 2. The van der Waals surface area contributed by atoms with Gasteiger partial charge in [-0.05, 0) is 13.0 Å². The fourth-order valence-electron chi connectivity index (χ4n) is 1.39. The van der Waals surface area contributed by atoms with Crippen molar-refractivity contribution in [3.63, 3.8) is 0 Å². The van der Waals surface area contributed by atoms with Gasteiger partial charge in [0, 0.05) is 18.9 Å². The van der Waals surface area contributed by atoms with E-state index in [1.165, 1.54) is 18.6 Å². The van der Waals surface area contributed by atoms with Gasteiger partial charge in [-0.1, -0.05) is 0 Å². The van der Waals surface area contributed by atoms with Gasteiger partial charge in [0.05, 0.1) is 23.6 Å². The van der Waals surface area contributed by atoms with E-state index in [1.54, 1.807) is 12.3 Å². The lowest BCUT2D eigenvalue weighted by Crippen LogP contribution is -2.17. The quantitative estimate of drug-likeness (QED) is 0.831. The van der Waals surface area contributed by atoms with Gasteiger partial charge in [-0.2, -0.15) is 5.10 Å². The van der Waals surface area contributed by atoms with E-state index in [0.29, 0.717) is 17.8 Å². The largest absolute Gasteiger partial charge is 0.385 e. The molecule has 0 atom stereocenters. The second kappa shape index (κ2) is 5.67. The van der Waals surface area contributed by atoms with E-state index in [9.17, 15) is 4.79 Å². The number of nitrogens with one attached hydrogen (secondary N) is 2. The molecule has 0 spiro atoms. The standard InChI is InChI=1S/C11H12N6O/c1-2-13-9-3-4-12-7-8(9)10(18)16-11-14-5-6-15-17-11/h3-7H,2H2,1H3,(H,12,13)(H,14,16,17,18). The molecule has 7 heteroatoms. The minimum atomic E-state index is -0.327. The first-order valence-corrected chi connectivity index (χ1v) is 5.44. The smallest absolute Gasteiger partial charge is 0.261 e. The van der Waals surface area contributed by atoms with Crippen LogP contribution in [0.5, 0.6) is 0 Å². The van der Waals surface area contributed by atoms with Crippen LogP contribution in [0.15, 0.2) is 30.9 Å². The Labute approximate surface area is 104 Å². The van der Waals surface area contributed by atoms with Crippen molar-refractivity contribution in [1.29, 1.82) is 0 Å². The molecule has 2 aromatic heterocycles. The third-order valence-electron chi connectivity index (χ3n) is 2.14. The molecule has 0 fully saturated rings. The van der Waals surface area contributed by atoms with E-state index in [2.05, 4.69) is 30.8 Å². The van der Waals surface area contributed by atoms with Gasteiger partial charge in [0.25, 0.3) is 5.91 Å². The number of amides is 1. The van der Waals surface area contributed by atoms with Gasteiger partial charge in [-0.25, -0.2) is 4.98 Å². The highest BCUT2D eigenvalue weighted by Crippen LogP contribution is 2.14. The highest BCUT2D eigenvalue weighted by molar-refractivity contribution is 6.06. The van der Waals surface area contributed by atoms with E-state index in [0.717, 1.165) is 0 Å². The van der Waals surface area contributed by atoms with Crippen LogP contribution < -0.4 is 10.6 Å². The average molecular weight is 244 g/mol. The Hall–Kier alpha value is -2.57. The molecular formula is C11H12N6O. The van der Waals surface area contributed by atoms with Gasteiger partial charge in [0.15, 0.2) is 0 Å². The van der Waals surface area contributed by atoms with Crippen LogP contribution in [-0.4, -0.2) is 32.6 Å². The van der Waals surface area contributed by atoms with Crippen molar-refractivity contribution >= 4 is 17.5 Å². The van der Waals surface area contributed by atoms with Crippen molar-refractivity contribution in [2.75, 3.05) is 17.2 Å². The predicted molar refractivity (Wildman–Crippen MR) is 66.2 cm³/mol. The molecule has 0 aromatic carbocycles. The molecule has 0 saturated carbocycles. The zero-order chi connectivity index (χ0) is 12.8. The van der Waals surface area contributed by atoms with Crippen molar-refractivity contribution in [1.82, 2.24) is 20.2 Å². The fourth-order valence-corrected chi connectivity index (χ4v) is 1.39. The van der Waals surface area contributed by atoms with Crippen molar-refractivity contribution in [3.05, 3.63) is 36.4 Å². The summed E-state index contributed by atoms with van der Waals surface area (Å²) >= 11 is 0. The summed E-state index contributed by atoms with van der Waals surface area (Å²) in [5, 5.41) is 13.0. The van der Waals surface area contributed by atoms with Crippen LogP contribution in [-0.2, 0) is 0 Å². The summed E-state index contributed by atoms with van der Waals surface area (Å²) in [7, 11) is 0. The second-order valence-electron chi connectivity index (χ2n) is 3.37. The molecule has 0 aliphatic rings. The van der Waals surface area contributed by atoms with Crippen LogP contribution in [0, 0.1) is 0 Å². The Kier molecular flexibility index (Phi) is 3.75. The topological polar surface area (TPSA) is 92.7 Å². The molecule has 0 aliphatic heterocycles. The molecule has 0 saturated heterocycles. The van der Waals surface area contributed by atoms with E-state index in [1.807, 2.05) is 6.92 Å². The summed E-state index contributed by atoms with van der Waals surface area (Å²) < 4.78 is 0. The highest BCUT2D eigenvalue weighted by Gasteiger charge is 2.12. The minimum absolute atomic E-state index is 0.161. The van der Waals surface area contributed by atoms with Gasteiger partial charge >= 0.3 is 0 Å². The first-order valence-electron chi connectivity index (χ1n) is 5.44. The Morgan fingerprint density at radius 3 is 2.94 bits per heavy atom. The molecule has 7 nitrogen and oxygen atoms in total. The van der Waals surface area contributed by atoms with Crippen molar-refractivity contribution in [3.8, 4) is 0 Å². The lowest BCUT2D eigenvalue weighted by Gasteiger charge is -2.09. The van der Waals surface area contributed by atoms with E-state index in [4.69, 9.17) is 0 Å². The Morgan fingerprint density at radius 2 is 2.22 bits per heavy atom. The Morgan fingerprint density at radius 1 is 1.33 bits per heavy atom. The number of hydrogen-bond acceptors (Lipinski definition) is 6. The summed E-state index contributed by atoms with van der Waals surface area (Å²) in [5.41, 5.74) is 1.15. The van der Waals surface area contributed by atoms with Gasteiger partial charge in [-0.3, -0.25) is 15.1 Å².